The van der Waals surface area contributed by atoms with Crippen molar-refractivity contribution in [2.45, 2.75) is 50.2 Å². The van der Waals surface area contributed by atoms with Gasteiger partial charge in [-0.1, -0.05) is 12.1 Å². The Hall–Kier alpha value is -1.79. The molecule has 5 heteroatoms. The van der Waals surface area contributed by atoms with E-state index in [1.165, 1.54) is 0 Å². The Kier molecular flexibility index (Phi) is 4.35. The molecule has 1 saturated heterocycles. The summed E-state index contributed by atoms with van der Waals surface area (Å²) >= 11 is 0. The van der Waals surface area contributed by atoms with Gasteiger partial charge in [-0.05, 0) is 55.6 Å². The van der Waals surface area contributed by atoms with E-state index in [9.17, 15) is 15.3 Å². The number of aliphatic hydroxyl groups excluding tert-OH is 2. The van der Waals surface area contributed by atoms with Gasteiger partial charge >= 0.3 is 0 Å². The van der Waals surface area contributed by atoms with Crippen molar-refractivity contribution in [3.8, 4) is 0 Å². The molecule has 0 amide bonds. The lowest BCUT2D eigenvalue weighted by Crippen LogP contribution is -2.59. The van der Waals surface area contributed by atoms with E-state index in [0.29, 0.717) is 12.5 Å². The van der Waals surface area contributed by atoms with E-state index in [2.05, 4.69) is 16.5 Å². The van der Waals surface area contributed by atoms with E-state index in [1.807, 2.05) is 31.2 Å². The molecule has 1 aliphatic heterocycles. The summed E-state index contributed by atoms with van der Waals surface area (Å²) in [5.74, 6) is 0.213. The summed E-state index contributed by atoms with van der Waals surface area (Å²) in [6.07, 6.45) is 4.34. The van der Waals surface area contributed by atoms with Crippen LogP contribution >= 0.6 is 0 Å². The summed E-state index contributed by atoms with van der Waals surface area (Å²) in [5.41, 5.74) is 1.71. The molecule has 1 aromatic carbocycles. The van der Waals surface area contributed by atoms with Crippen molar-refractivity contribution in [3.63, 3.8) is 0 Å². The SMILES string of the molecule is C=C[C@]1(O)CC2[C@H]1CCN2[C@H](C)[C@H](O)c1ccnc2ccc(CO)cc12. The van der Waals surface area contributed by atoms with Crippen molar-refractivity contribution in [2.24, 2.45) is 5.92 Å². The molecule has 138 valence electrons. The van der Waals surface area contributed by atoms with E-state index >= 15 is 0 Å². The number of hydrogen-bond acceptors (Lipinski definition) is 5. The number of pyridine rings is 1. The molecule has 1 saturated carbocycles. The molecule has 1 aromatic heterocycles. The first kappa shape index (κ1) is 17.6. The summed E-state index contributed by atoms with van der Waals surface area (Å²) in [6.45, 7) is 6.65. The third-order valence-corrected chi connectivity index (χ3v) is 6.44. The normalized spacial score (nSPS) is 30.6. The molecule has 5 nitrogen and oxygen atoms in total. The number of rotatable bonds is 5. The highest BCUT2D eigenvalue weighted by Crippen LogP contribution is 2.50. The lowest BCUT2D eigenvalue weighted by Gasteiger charge is -2.50. The molecule has 0 spiro atoms. The first-order valence-corrected chi connectivity index (χ1v) is 9.26. The molecule has 0 radical (unpaired) electrons. The zero-order valence-electron chi connectivity index (χ0n) is 15.0. The molecule has 2 aliphatic rings. The van der Waals surface area contributed by atoms with E-state index in [0.717, 1.165) is 35.0 Å². The Labute approximate surface area is 153 Å². The monoisotopic (exact) mass is 354 g/mol. The molecule has 0 bridgehead atoms. The minimum absolute atomic E-state index is 0.0358. The van der Waals surface area contributed by atoms with Crippen molar-refractivity contribution < 1.29 is 15.3 Å². The molecule has 5 atom stereocenters. The van der Waals surface area contributed by atoms with Gasteiger partial charge in [0.25, 0.3) is 0 Å². The summed E-state index contributed by atoms with van der Waals surface area (Å²) in [7, 11) is 0. The van der Waals surface area contributed by atoms with Crippen molar-refractivity contribution in [1.82, 2.24) is 9.88 Å². The van der Waals surface area contributed by atoms with E-state index < -0.39 is 11.7 Å². The summed E-state index contributed by atoms with van der Waals surface area (Å²) in [6, 6.07) is 7.72. The van der Waals surface area contributed by atoms with Crippen LogP contribution in [0, 0.1) is 5.92 Å². The maximum atomic E-state index is 11.1. The number of fused-ring (bicyclic) bond motifs is 2. The van der Waals surface area contributed by atoms with Crippen LogP contribution in [-0.4, -0.2) is 49.4 Å². The number of likely N-dealkylation sites (tertiary alicyclic amines) is 1. The van der Waals surface area contributed by atoms with Gasteiger partial charge in [0.1, 0.15) is 0 Å². The third kappa shape index (κ3) is 2.58. The smallest absolute Gasteiger partial charge is 0.0949 e. The van der Waals surface area contributed by atoms with Crippen LogP contribution in [0.3, 0.4) is 0 Å². The third-order valence-electron chi connectivity index (χ3n) is 6.44. The van der Waals surface area contributed by atoms with Gasteiger partial charge < -0.3 is 15.3 Å². The molecule has 4 rings (SSSR count). The zero-order chi connectivity index (χ0) is 18.5. The van der Waals surface area contributed by atoms with Crippen LogP contribution in [0.1, 0.15) is 37.0 Å². The van der Waals surface area contributed by atoms with Gasteiger partial charge in [-0.25, -0.2) is 0 Å². The summed E-state index contributed by atoms with van der Waals surface area (Å²) in [4.78, 5) is 6.69. The van der Waals surface area contributed by atoms with Gasteiger partial charge in [0.05, 0.1) is 23.8 Å². The fourth-order valence-electron chi connectivity index (χ4n) is 4.80. The largest absolute Gasteiger partial charge is 0.392 e. The predicted octanol–water partition coefficient (Wildman–Crippen LogP) is 2.16. The highest BCUT2D eigenvalue weighted by molar-refractivity contribution is 5.83. The number of hydrogen-bond donors (Lipinski definition) is 3. The Bertz CT molecular complexity index is 839. The van der Waals surface area contributed by atoms with Crippen LogP contribution in [0.25, 0.3) is 10.9 Å². The van der Waals surface area contributed by atoms with Crippen LogP contribution in [0.5, 0.6) is 0 Å². The lowest BCUT2D eigenvalue weighted by atomic mass is 9.65. The van der Waals surface area contributed by atoms with E-state index in [1.54, 1.807) is 12.3 Å². The number of nitrogens with zero attached hydrogens (tertiary/aromatic N) is 2. The van der Waals surface area contributed by atoms with Crippen LogP contribution in [-0.2, 0) is 6.61 Å². The second kappa shape index (κ2) is 6.43. The van der Waals surface area contributed by atoms with Gasteiger partial charge in [0, 0.05) is 29.6 Å². The highest BCUT2D eigenvalue weighted by Gasteiger charge is 2.57. The van der Waals surface area contributed by atoms with Crippen LogP contribution < -0.4 is 0 Å². The molecule has 1 aliphatic carbocycles. The van der Waals surface area contributed by atoms with Crippen molar-refractivity contribution in [1.29, 1.82) is 0 Å². The van der Waals surface area contributed by atoms with E-state index in [-0.39, 0.29) is 18.6 Å². The molecule has 1 unspecified atom stereocenters. The first-order valence-electron chi connectivity index (χ1n) is 9.26. The Morgan fingerprint density at radius 1 is 1.42 bits per heavy atom. The molecular weight excluding hydrogens is 328 g/mol. The molecular formula is C21H26N2O3. The van der Waals surface area contributed by atoms with Gasteiger partial charge in [0.2, 0.25) is 0 Å². The molecule has 2 heterocycles. The van der Waals surface area contributed by atoms with E-state index in [4.69, 9.17) is 0 Å². The quantitative estimate of drug-likeness (QED) is 0.718. The number of benzene rings is 1. The number of aromatic nitrogens is 1. The molecule has 2 fully saturated rings. The average molecular weight is 354 g/mol. The second-order valence-corrected chi connectivity index (χ2v) is 7.70. The minimum Gasteiger partial charge on any atom is -0.392 e. The van der Waals surface area contributed by atoms with Crippen molar-refractivity contribution in [3.05, 3.63) is 54.2 Å². The number of aliphatic hydroxyl groups is 3. The maximum Gasteiger partial charge on any atom is 0.0949 e. The van der Waals surface area contributed by atoms with Crippen LogP contribution in [0.4, 0.5) is 0 Å². The summed E-state index contributed by atoms with van der Waals surface area (Å²) < 4.78 is 0. The van der Waals surface area contributed by atoms with Crippen molar-refractivity contribution >= 4 is 10.9 Å². The molecule has 2 aromatic rings. The fraction of sp³-hybridized carbons (Fsp3) is 0.476. The second-order valence-electron chi connectivity index (χ2n) is 7.70. The van der Waals surface area contributed by atoms with Gasteiger partial charge in [0.15, 0.2) is 0 Å². The topological polar surface area (TPSA) is 76.8 Å². The zero-order valence-corrected chi connectivity index (χ0v) is 15.0. The standard InChI is InChI=1S/C21H26N2O3/c1-3-21(26)11-19-17(21)7-9-23(19)13(2)20(25)15-6-8-22-18-5-4-14(12-24)10-16(15)18/h3-6,8,10,13,17,19-20,24-26H,1,7,9,11-12H2,2H3/t13-,17-,19?,20+,21+/m1/s1. The van der Waals surface area contributed by atoms with Crippen LogP contribution in [0.2, 0.25) is 0 Å². The van der Waals surface area contributed by atoms with Gasteiger partial charge in [-0.2, -0.15) is 0 Å². The van der Waals surface area contributed by atoms with Crippen molar-refractivity contribution in [2.75, 3.05) is 6.54 Å². The fourth-order valence-corrected chi connectivity index (χ4v) is 4.80. The highest BCUT2D eigenvalue weighted by atomic mass is 16.3. The summed E-state index contributed by atoms with van der Waals surface area (Å²) in [5, 5.41) is 31.9. The Morgan fingerprint density at radius 2 is 2.23 bits per heavy atom. The predicted molar refractivity (Wildman–Crippen MR) is 100 cm³/mol. The minimum atomic E-state index is -0.747. The molecule has 26 heavy (non-hydrogen) atoms. The average Bonchev–Trinajstić information content (AvgIpc) is 3.03. The van der Waals surface area contributed by atoms with Crippen LogP contribution in [0.15, 0.2) is 43.1 Å². The molecule has 3 N–H and O–H groups in total. The van der Waals surface area contributed by atoms with Gasteiger partial charge in [-0.15, -0.1) is 6.58 Å². The first-order chi connectivity index (χ1) is 12.5. The maximum absolute atomic E-state index is 11.1. The van der Waals surface area contributed by atoms with Gasteiger partial charge in [-0.3, -0.25) is 9.88 Å². The lowest BCUT2D eigenvalue weighted by molar-refractivity contribution is -0.0996. The Balaban J connectivity index is 1.61. The Morgan fingerprint density at radius 3 is 2.96 bits per heavy atom.